The Kier molecular flexibility index (Phi) is 18.4. The Morgan fingerprint density at radius 3 is 1.05 bits per heavy atom. The van der Waals surface area contributed by atoms with Crippen LogP contribution in [0.15, 0.2) is 72.8 Å². The zero-order chi connectivity index (χ0) is 65.6. The molecule has 4 aromatic carbocycles. The second kappa shape index (κ2) is 25.8. The van der Waals surface area contributed by atoms with E-state index < -0.39 is 0 Å². The molecule has 4 amide bonds. The molecule has 8 N–H and O–H groups in total. The second-order valence-electron chi connectivity index (χ2n) is 32.4. The summed E-state index contributed by atoms with van der Waals surface area (Å²) in [6.07, 6.45) is 20.3. The van der Waals surface area contributed by atoms with E-state index in [4.69, 9.17) is 32.4 Å². The van der Waals surface area contributed by atoms with Gasteiger partial charge in [-0.05, 0) is 286 Å². The van der Waals surface area contributed by atoms with Gasteiger partial charge in [-0.3, -0.25) is 38.8 Å². The summed E-state index contributed by atoms with van der Waals surface area (Å²) in [5.74, 6) is 2.99. The lowest BCUT2D eigenvalue weighted by Gasteiger charge is -2.56. The summed E-state index contributed by atoms with van der Waals surface area (Å²) in [6, 6.07) is 27.6. The van der Waals surface area contributed by atoms with E-state index in [-0.39, 0.29) is 45.3 Å². The van der Waals surface area contributed by atoms with Crippen LogP contribution < -0.4 is 22.9 Å². The number of ether oxygens (including phenoxy) is 2. The number of piperidine rings is 4. The first-order valence-electron chi connectivity index (χ1n) is 36.3. The highest BCUT2D eigenvalue weighted by molar-refractivity contribution is 5.95. The molecule has 8 fully saturated rings. The fourth-order valence-corrected chi connectivity index (χ4v) is 20.2. The van der Waals surface area contributed by atoms with Crippen molar-refractivity contribution in [2.24, 2.45) is 58.4 Å². The maximum atomic E-state index is 11.6. The molecule has 16 rings (SSSR count). The van der Waals surface area contributed by atoms with E-state index in [9.17, 15) is 19.2 Å². The summed E-state index contributed by atoms with van der Waals surface area (Å²) in [5, 5.41) is 0. The van der Waals surface area contributed by atoms with E-state index in [0.29, 0.717) is 82.3 Å². The van der Waals surface area contributed by atoms with Gasteiger partial charge in [0.25, 0.3) is 0 Å². The average Bonchev–Trinajstić information content (AvgIpc) is 1.63. The van der Waals surface area contributed by atoms with Crippen LogP contribution in [0, 0.1) is 35.5 Å². The molecule has 1 unspecified atom stereocenters. The molecule has 14 nitrogen and oxygen atoms in total. The molecule has 0 radical (unpaired) electrons. The molecule has 0 spiro atoms. The summed E-state index contributed by atoms with van der Waals surface area (Å²) in [4.78, 5) is 57.2. The number of hydrogen-bond acceptors (Lipinski definition) is 10. The lowest BCUT2D eigenvalue weighted by atomic mass is 9.58. The highest BCUT2D eigenvalue weighted by Gasteiger charge is 2.54. The van der Waals surface area contributed by atoms with Crippen LogP contribution in [0.3, 0.4) is 0 Å². The number of rotatable bonds is 12. The van der Waals surface area contributed by atoms with Crippen molar-refractivity contribution in [3.8, 4) is 0 Å². The standard InChI is InChI=1S/2C20H28N2O2.C20H28N2O.C19H26N2O/c2*1-13-18-11-14-5-6-15(19(21)23)10-17(14)20(13,2)7-8-22(18)12-16-4-3-9-24-16;1-12-18-11-15-6-7-16(19(21)23)10-17(15)20(12,3)8-9-22(18)13(2)14-4-5-14;1-12-17-10-14-5-6-15(18(20)22)9-16(14)19(12,2)7-8-21(17)11-13-3-4-13/h2*5-6,10,13,16,18H,3-4,7-9,11-12H2,1-2H3,(H2,21,23);6-7,10,12-14,18H,4-5,8-9,11H2,1-3H3,(H2,21,23);5-6,9,12-13,17H,3-4,7-8,10-11H2,1-2H3,(H2,20,22)/t13-,16+,18+,20+;13-,16-,18+,20+;12?,13-,18-,20-;12-,17+,19+/m0010/s1. The quantitative estimate of drug-likeness (QED) is 0.106. The summed E-state index contributed by atoms with van der Waals surface area (Å²) in [7, 11) is 0. The van der Waals surface area contributed by atoms with Crippen LogP contribution >= 0.6 is 0 Å². The first-order chi connectivity index (χ1) is 44.4. The minimum atomic E-state index is -0.327. The van der Waals surface area contributed by atoms with Crippen molar-refractivity contribution in [3.63, 3.8) is 0 Å². The number of hydrogen-bond donors (Lipinski definition) is 4. The van der Waals surface area contributed by atoms with Crippen molar-refractivity contribution >= 4 is 23.6 Å². The number of amides is 4. The van der Waals surface area contributed by atoms with Crippen LogP contribution in [-0.4, -0.2) is 145 Å². The number of primary amides is 4. The van der Waals surface area contributed by atoms with Crippen LogP contribution in [0.5, 0.6) is 0 Å². The highest BCUT2D eigenvalue weighted by atomic mass is 16.5. The predicted molar refractivity (Wildman–Crippen MR) is 369 cm³/mol. The molecule has 14 heteroatoms. The Balaban J connectivity index is 0.000000113. The van der Waals surface area contributed by atoms with Gasteiger partial charge in [0.15, 0.2) is 0 Å². The molecule has 6 aliphatic heterocycles. The Labute approximate surface area is 555 Å². The molecule has 6 heterocycles. The average molecular weight is 1270 g/mol. The number of likely N-dealkylation sites (tertiary alicyclic amines) is 4. The molecular weight excluding hydrogens is 1160 g/mol. The van der Waals surface area contributed by atoms with Crippen molar-refractivity contribution in [2.75, 3.05) is 59.0 Å². The number of carbonyl (C=O) groups excluding carboxylic acids is 4. The molecule has 0 aromatic heterocycles. The molecule has 502 valence electrons. The zero-order valence-electron chi connectivity index (χ0n) is 57.7. The topological polar surface area (TPSA) is 204 Å². The second-order valence-corrected chi connectivity index (χ2v) is 32.4. The fraction of sp³-hybridized carbons (Fsp3) is 0.646. The summed E-state index contributed by atoms with van der Waals surface area (Å²) < 4.78 is 11.7. The van der Waals surface area contributed by atoms with Gasteiger partial charge in [0.05, 0.1) is 12.2 Å². The van der Waals surface area contributed by atoms with Gasteiger partial charge in [-0.1, -0.05) is 79.7 Å². The third-order valence-corrected chi connectivity index (χ3v) is 27.5. The van der Waals surface area contributed by atoms with Crippen LogP contribution in [0.25, 0.3) is 0 Å². The van der Waals surface area contributed by atoms with Gasteiger partial charge in [-0.25, -0.2) is 0 Å². The minimum absolute atomic E-state index is 0.136. The smallest absolute Gasteiger partial charge is 0.248 e. The summed E-state index contributed by atoms with van der Waals surface area (Å²) in [5.41, 5.74) is 36.3. The van der Waals surface area contributed by atoms with E-state index in [2.05, 4.69) is 130 Å². The molecule has 15 atom stereocenters. The molecule has 4 aromatic rings. The normalized spacial score (nSPS) is 35.1. The SMILES string of the molecule is CC1[C@H]2Cc3ccc(C(N)=O)cc3[C@]1(C)CCN2[C@H](C)C1CC1.C[C@H]1[C@H]2Cc3ccc(C(N)=O)cc3[C@]1(C)CCN2CC1CC1.C[C@H]1[C@H]2Cc3ccc(C(N)=O)cc3[C@]1(C)CCN2C[C@@H]1CCCO1.C[C@H]1[C@H]2Cc3ccc(C(N)=O)cc3[C@]1(C)CCN2C[C@H]1CCCO1. The number of carbonyl (C=O) groups is 4. The molecule has 93 heavy (non-hydrogen) atoms. The molecule has 6 saturated heterocycles. The maximum absolute atomic E-state index is 11.6. The first-order valence-corrected chi connectivity index (χ1v) is 36.3. The minimum Gasteiger partial charge on any atom is -0.377 e. The van der Waals surface area contributed by atoms with Gasteiger partial charge in [0, 0.05) is 85.3 Å². The molecule has 6 aliphatic carbocycles. The fourth-order valence-electron chi connectivity index (χ4n) is 20.2. The summed E-state index contributed by atoms with van der Waals surface area (Å²) in [6.45, 7) is 31.4. The number of fused-ring (bicyclic) bond motifs is 16. The van der Waals surface area contributed by atoms with Crippen LogP contribution in [0.1, 0.15) is 225 Å². The van der Waals surface area contributed by atoms with Gasteiger partial charge >= 0.3 is 0 Å². The Bertz CT molecular complexity index is 3370. The third-order valence-electron chi connectivity index (χ3n) is 27.5. The lowest BCUT2D eigenvalue weighted by molar-refractivity contribution is -0.00667. The van der Waals surface area contributed by atoms with Gasteiger partial charge in [-0.2, -0.15) is 0 Å². The Morgan fingerprint density at radius 1 is 0.441 bits per heavy atom. The Hall–Kier alpha value is -5.48. The van der Waals surface area contributed by atoms with Gasteiger partial charge in [0.2, 0.25) is 23.6 Å². The van der Waals surface area contributed by atoms with E-state index >= 15 is 0 Å². The molecular formula is C79H110N8O6. The van der Waals surface area contributed by atoms with Crippen LogP contribution in [0.4, 0.5) is 0 Å². The third kappa shape index (κ3) is 12.5. The number of benzene rings is 4. The molecule has 2 saturated carbocycles. The van der Waals surface area contributed by atoms with E-state index in [0.717, 1.165) is 95.8 Å². The largest absolute Gasteiger partial charge is 0.377 e. The van der Waals surface area contributed by atoms with Crippen LogP contribution in [0.2, 0.25) is 0 Å². The lowest BCUT2D eigenvalue weighted by Crippen LogP contribution is -2.60. The van der Waals surface area contributed by atoms with Crippen molar-refractivity contribution in [3.05, 3.63) is 140 Å². The monoisotopic (exact) mass is 1270 g/mol. The van der Waals surface area contributed by atoms with Gasteiger partial charge in [0.1, 0.15) is 0 Å². The van der Waals surface area contributed by atoms with Crippen molar-refractivity contribution in [2.45, 2.75) is 229 Å². The predicted octanol–water partition coefficient (Wildman–Crippen LogP) is 10.8. The van der Waals surface area contributed by atoms with Crippen molar-refractivity contribution in [1.82, 2.24) is 19.6 Å². The number of nitrogens with two attached hydrogens (primary N) is 4. The zero-order valence-corrected chi connectivity index (χ0v) is 57.7. The van der Waals surface area contributed by atoms with Gasteiger partial charge in [-0.15, -0.1) is 0 Å². The van der Waals surface area contributed by atoms with Crippen LogP contribution in [-0.2, 0) is 56.8 Å². The molecule has 12 aliphatic rings. The summed E-state index contributed by atoms with van der Waals surface area (Å²) >= 11 is 0. The van der Waals surface area contributed by atoms with E-state index in [1.807, 2.05) is 24.3 Å². The highest BCUT2D eigenvalue weighted by Crippen LogP contribution is 2.54. The number of nitrogens with zero attached hydrogens (tertiary/aromatic N) is 4. The first kappa shape index (κ1) is 66.1. The Morgan fingerprint density at radius 2 is 0.753 bits per heavy atom. The molecule has 8 bridgehead atoms. The van der Waals surface area contributed by atoms with Gasteiger partial charge < -0.3 is 32.4 Å². The maximum Gasteiger partial charge on any atom is 0.248 e. The van der Waals surface area contributed by atoms with Crippen molar-refractivity contribution < 1.29 is 28.7 Å². The van der Waals surface area contributed by atoms with E-state index in [1.165, 1.54) is 128 Å². The van der Waals surface area contributed by atoms with E-state index in [1.54, 1.807) is 0 Å². The van der Waals surface area contributed by atoms with Crippen molar-refractivity contribution in [1.29, 1.82) is 0 Å².